The molecule has 1 saturated heterocycles. The molecule has 1 aliphatic rings. The molecule has 3 aromatic heterocycles. The molecule has 7 heteroatoms. The van der Waals surface area contributed by atoms with Crippen molar-refractivity contribution in [2.24, 2.45) is 7.05 Å². The molecule has 3 aromatic rings. The highest BCUT2D eigenvalue weighted by atomic mass is 15.3. The number of aromatic nitrogens is 6. The maximum atomic E-state index is 4.67. The van der Waals surface area contributed by atoms with Crippen LogP contribution in [0.4, 0.5) is 5.82 Å². The first kappa shape index (κ1) is 13.1. The Morgan fingerprint density at radius 1 is 1.09 bits per heavy atom. The van der Waals surface area contributed by atoms with Gasteiger partial charge in [-0.25, -0.2) is 19.6 Å². The van der Waals surface area contributed by atoms with Gasteiger partial charge in [0.1, 0.15) is 11.3 Å². The van der Waals surface area contributed by atoms with Crippen molar-refractivity contribution in [2.45, 2.75) is 18.8 Å². The monoisotopic (exact) mass is 295 g/mol. The van der Waals surface area contributed by atoms with Crippen LogP contribution in [-0.4, -0.2) is 42.8 Å². The standard InChI is InChI=1S/C15H17N7/c1-21-15-14(18-6-7-19-15)13(20-21)11-3-2-8-22(10-11)12-9-16-4-5-17-12/h4-7,9,11H,2-3,8,10H2,1H3/t11-/m0/s1. The van der Waals surface area contributed by atoms with Crippen LogP contribution in [0.25, 0.3) is 11.2 Å². The van der Waals surface area contributed by atoms with Crippen molar-refractivity contribution in [1.82, 2.24) is 29.7 Å². The fourth-order valence-corrected chi connectivity index (χ4v) is 3.14. The van der Waals surface area contributed by atoms with Crippen molar-refractivity contribution in [3.8, 4) is 0 Å². The van der Waals surface area contributed by atoms with E-state index in [2.05, 4.69) is 29.9 Å². The SMILES string of the molecule is Cn1nc([C@H]2CCCN(c3cnccn3)C2)c2nccnc21. The maximum Gasteiger partial charge on any atom is 0.176 e. The summed E-state index contributed by atoms with van der Waals surface area (Å²) in [6, 6.07) is 0. The van der Waals surface area contributed by atoms with Crippen LogP contribution in [0.5, 0.6) is 0 Å². The molecule has 0 unspecified atom stereocenters. The van der Waals surface area contributed by atoms with Crippen molar-refractivity contribution in [1.29, 1.82) is 0 Å². The topological polar surface area (TPSA) is 72.6 Å². The highest BCUT2D eigenvalue weighted by Gasteiger charge is 2.27. The zero-order chi connectivity index (χ0) is 14.9. The molecule has 0 aliphatic carbocycles. The molecular weight excluding hydrogens is 278 g/mol. The first-order chi connectivity index (χ1) is 10.8. The highest BCUT2D eigenvalue weighted by Crippen LogP contribution is 2.31. The molecule has 1 atom stereocenters. The fraction of sp³-hybridized carbons (Fsp3) is 0.400. The lowest BCUT2D eigenvalue weighted by Crippen LogP contribution is -2.35. The van der Waals surface area contributed by atoms with E-state index in [1.807, 2.05) is 17.9 Å². The molecule has 7 nitrogen and oxygen atoms in total. The third kappa shape index (κ3) is 2.18. The number of fused-ring (bicyclic) bond motifs is 1. The minimum atomic E-state index is 0.344. The zero-order valence-electron chi connectivity index (χ0n) is 12.4. The number of nitrogens with zero attached hydrogens (tertiary/aromatic N) is 7. The maximum absolute atomic E-state index is 4.67. The van der Waals surface area contributed by atoms with Crippen LogP contribution in [0.3, 0.4) is 0 Å². The van der Waals surface area contributed by atoms with Gasteiger partial charge >= 0.3 is 0 Å². The summed E-state index contributed by atoms with van der Waals surface area (Å²) in [5.74, 6) is 1.27. The van der Waals surface area contributed by atoms with E-state index >= 15 is 0 Å². The predicted molar refractivity (Wildman–Crippen MR) is 82.5 cm³/mol. The smallest absolute Gasteiger partial charge is 0.176 e. The molecule has 0 N–H and O–H groups in total. The summed E-state index contributed by atoms with van der Waals surface area (Å²) in [6.45, 7) is 1.90. The fourth-order valence-electron chi connectivity index (χ4n) is 3.14. The summed E-state index contributed by atoms with van der Waals surface area (Å²) in [5.41, 5.74) is 2.80. The number of rotatable bonds is 2. The molecule has 1 aliphatic heterocycles. The summed E-state index contributed by atoms with van der Waals surface area (Å²) >= 11 is 0. The van der Waals surface area contributed by atoms with Gasteiger partial charge in [-0.15, -0.1) is 0 Å². The summed E-state index contributed by atoms with van der Waals surface area (Å²) in [4.78, 5) is 19.7. The first-order valence-corrected chi connectivity index (χ1v) is 7.47. The van der Waals surface area contributed by atoms with Crippen molar-refractivity contribution in [2.75, 3.05) is 18.0 Å². The Labute approximate surface area is 128 Å². The van der Waals surface area contributed by atoms with Crippen LogP contribution in [-0.2, 0) is 7.05 Å². The van der Waals surface area contributed by atoms with E-state index in [1.165, 1.54) is 0 Å². The van der Waals surface area contributed by atoms with Gasteiger partial charge in [-0.3, -0.25) is 4.98 Å². The Kier molecular flexibility index (Phi) is 3.17. The molecule has 4 rings (SSSR count). The summed E-state index contributed by atoms with van der Waals surface area (Å²) in [7, 11) is 1.92. The Hall–Kier alpha value is -2.57. The molecule has 22 heavy (non-hydrogen) atoms. The van der Waals surface area contributed by atoms with Crippen LogP contribution < -0.4 is 4.90 Å². The van der Waals surface area contributed by atoms with Crippen LogP contribution in [0.1, 0.15) is 24.5 Å². The van der Waals surface area contributed by atoms with Gasteiger partial charge < -0.3 is 4.90 Å². The van der Waals surface area contributed by atoms with Gasteiger partial charge in [-0.1, -0.05) is 0 Å². The normalized spacial score (nSPS) is 18.8. The molecular formula is C15H17N7. The van der Waals surface area contributed by atoms with E-state index in [1.54, 1.807) is 24.8 Å². The van der Waals surface area contributed by atoms with Gasteiger partial charge in [0.25, 0.3) is 0 Å². The van der Waals surface area contributed by atoms with Crippen molar-refractivity contribution in [3.63, 3.8) is 0 Å². The van der Waals surface area contributed by atoms with E-state index < -0.39 is 0 Å². The summed E-state index contributed by atoms with van der Waals surface area (Å²) < 4.78 is 1.82. The molecule has 0 amide bonds. The van der Waals surface area contributed by atoms with Crippen molar-refractivity contribution >= 4 is 17.0 Å². The predicted octanol–water partition coefficient (Wildman–Crippen LogP) is 1.54. The lowest BCUT2D eigenvalue weighted by molar-refractivity contribution is 0.495. The number of hydrogen-bond donors (Lipinski definition) is 0. The largest absolute Gasteiger partial charge is 0.355 e. The minimum absolute atomic E-state index is 0.344. The van der Waals surface area contributed by atoms with Gasteiger partial charge in [0.05, 0.1) is 11.9 Å². The second-order valence-electron chi connectivity index (χ2n) is 5.59. The van der Waals surface area contributed by atoms with Gasteiger partial charge in [0.15, 0.2) is 5.65 Å². The highest BCUT2D eigenvalue weighted by molar-refractivity contribution is 5.73. The van der Waals surface area contributed by atoms with Gasteiger partial charge in [-0.05, 0) is 12.8 Å². The van der Waals surface area contributed by atoms with Crippen LogP contribution in [0, 0.1) is 0 Å². The van der Waals surface area contributed by atoms with Crippen molar-refractivity contribution in [3.05, 3.63) is 36.7 Å². The zero-order valence-corrected chi connectivity index (χ0v) is 12.4. The second-order valence-corrected chi connectivity index (χ2v) is 5.59. The first-order valence-electron chi connectivity index (χ1n) is 7.47. The van der Waals surface area contributed by atoms with Gasteiger partial charge in [-0.2, -0.15) is 5.10 Å². The van der Waals surface area contributed by atoms with Crippen LogP contribution >= 0.6 is 0 Å². The van der Waals surface area contributed by atoms with E-state index in [4.69, 9.17) is 0 Å². The third-order valence-electron chi connectivity index (χ3n) is 4.17. The lowest BCUT2D eigenvalue weighted by Gasteiger charge is -2.32. The van der Waals surface area contributed by atoms with E-state index in [9.17, 15) is 0 Å². The van der Waals surface area contributed by atoms with Crippen molar-refractivity contribution < 1.29 is 0 Å². The molecule has 0 aromatic carbocycles. The van der Waals surface area contributed by atoms with E-state index in [0.717, 1.165) is 48.6 Å². The average molecular weight is 295 g/mol. The van der Waals surface area contributed by atoms with E-state index in [-0.39, 0.29) is 0 Å². The number of aryl methyl sites for hydroxylation is 1. The second kappa shape index (κ2) is 5.32. The molecule has 0 saturated carbocycles. The summed E-state index contributed by atoms with van der Waals surface area (Å²) in [6.07, 6.45) is 10.9. The molecule has 112 valence electrons. The van der Waals surface area contributed by atoms with Crippen LogP contribution in [0.15, 0.2) is 31.0 Å². The van der Waals surface area contributed by atoms with E-state index in [0.29, 0.717) is 5.92 Å². The Bertz CT molecular complexity index is 783. The number of piperidine rings is 1. The van der Waals surface area contributed by atoms with Gasteiger partial charge in [0.2, 0.25) is 0 Å². The molecule has 0 bridgehead atoms. The molecule has 1 fully saturated rings. The van der Waals surface area contributed by atoms with Crippen LogP contribution in [0.2, 0.25) is 0 Å². The summed E-state index contributed by atoms with van der Waals surface area (Å²) in [5, 5.41) is 4.67. The number of hydrogen-bond acceptors (Lipinski definition) is 6. The quantitative estimate of drug-likeness (QED) is 0.714. The minimum Gasteiger partial charge on any atom is -0.355 e. The number of anilines is 1. The molecule has 4 heterocycles. The molecule has 0 spiro atoms. The lowest BCUT2D eigenvalue weighted by atomic mass is 9.94. The Morgan fingerprint density at radius 3 is 2.82 bits per heavy atom. The van der Waals surface area contributed by atoms with Gasteiger partial charge in [0, 0.05) is 50.8 Å². The molecule has 0 radical (unpaired) electrons. The Balaban J connectivity index is 1.67. The average Bonchev–Trinajstić information content (AvgIpc) is 2.93. The Morgan fingerprint density at radius 2 is 1.95 bits per heavy atom. The third-order valence-corrected chi connectivity index (χ3v) is 4.17.